The zero-order valence-electron chi connectivity index (χ0n) is 17.8. The number of ether oxygens (including phenoxy) is 1. The van der Waals surface area contributed by atoms with Gasteiger partial charge in [-0.3, -0.25) is 4.79 Å². The van der Waals surface area contributed by atoms with Crippen molar-refractivity contribution < 1.29 is 17.9 Å². The number of carbonyl (C=O) groups is 1. The van der Waals surface area contributed by atoms with Crippen LogP contribution >= 0.6 is 0 Å². The maximum Gasteiger partial charge on any atom is 0.251 e. The standard InChI is InChI=1S/C22H32N2O4S/c1-15-11-16(13-18(12-15)29(26,27)24-7-9-28-10-8-24)19(25)23-20-21(2,3)17-5-6-22(20,4)14-17/h11-13,17,20H,5-10,14H2,1-4H3,(H,23,25). The molecule has 1 aliphatic heterocycles. The minimum absolute atomic E-state index is 0.0508. The average Bonchev–Trinajstić information content (AvgIpc) is 3.16. The summed E-state index contributed by atoms with van der Waals surface area (Å²) in [6.07, 6.45) is 3.51. The van der Waals surface area contributed by atoms with Crippen molar-refractivity contribution in [3.05, 3.63) is 29.3 Å². The predicted octanol–water partition coefficient (Wildman–Crippen LogP) is 2.96. The van der Waals surface area contributed by atoms with Gasteiger partial charge >= 0.3 is 0 Å². The van der Waals surface area contributed by atoms with Gasteiger partial charge in [0.2, 0.25) is 10.0 Å². The Balaban J connectivity index is 1.60. The molecule has 29 heavy (non-hydrogen) atoms. The molecule has 1 heterocycles. The van der Waals surface area contributed by atoms with E-state index in [9.17, 15) is 13.2 Å². The molecule has 7 heteroatoms. The number of morpholine rings is 1. The van der Waals surface area contributed by atoms with Crippen molar-refractivity contribution in [1.82, 2.24) is 9.62 Å². The van der Waals surface area contributed by atoms with Gasteiger partial charge in [0.05, 0.1) is 18.1 Å². The van der Waals surface area contributed by atoms with Crippen molar-refractivity contribution >= 4 is 15.9 Å². The minimum atomic E-state index is -3.64. The highest BCUT2D eigenvalue weighted by atomic mass is 32.2. The second kappa shape index (κ2) is 7.06. The van der Waals surface area contributed by atoms with E-state index in [4.69, 9.17) is 4.74 Å². The Kier molecular flexibility index (Phi) is 5.07. The van der Waals surface area contributed by atoms with Gasteiger partial charge in [-0.25, -0.2) is 8.42 Å². The van der Waals surface area contributed by atoms with Crippen LogP contribution in [0.1, 0.15) is 56.0 Å². The third kappa shape index (κ3) is 3.51. The Morgan fingerprint density at radius 3 is 2.48 bits per heavy atom. The number of hydrogen-bond acceptors (Lipinski definition) is 4. The van der Waals surface area contributed by atoms with Crippen molar-refractivity contribution in [3.8, 4) is 0 Å². The zero-order valence-corrected chi connectivity index (χ0v) is 18.6. The van der Waals surface area contributed by atoms with Gasteiger partial charge in [0.1, 0.15) is 0 Å². The number of carbonyl (C=O) groups excluding carboxylic acids is 1. The molecule has 2 aliphatic carbocycles. The monoisotopic (exact) mass is 420 g/mol. The molecule has 2 saturated carbocycles. The van der Waals surface area contributed by atoms with Crippen LogP contribution in [0.25, 0.3) is 0 Å². The number of aryl methyl sites for hydroxylation is 1. The van der Waals surface area contributed by atoms with Crippen LogP contribution in [0, 0.1) is 23.7 Å². The minimum Gasteiger partial charge on any atom is -0.379 e. The number of nitrogens with zero attached hydrogens (tertiary/aromatic N) is 1. The van der Waals surface area contributed by atoms with E-state index in [-0.39, 0.29) is 27.7 Å². The van der Waals surface area contributed by atoms with Crippen LogP contribution in [-0.4, -0.2) is 51.0 Å². The lowest BCUT2D eigenvalue weighted by Gasteiger charge is -2.43. The van der Waals surface area contributed by atoms with E-state index in [1.165, 1.54) is 16.8 Å². The molecular weight excluding hydrogens is 388 g/mol. The number of nitrogens with one attached hydrogen (secondary N) is 1. The lowest BCUT2D eigenvalue weighted by molar-refractivity contribution is 0.0728. The van der Waals surface area contributed by atoms with Gasteiger partial charge in [0.15, 0.2) is 0 Å². The first-order chi connectivity index (χ1) is 13.5. The lowest BCUT2D eigenvalue weighted by Crippen LogP contribution is -2.52. The van der Waals surface area contributed by atoms with Gasteiger partial charge in [-0.05, 0) is 66.7 Å². The van der Waals surface area contributed by atoms with Crippen LogP contribution in [0.5, 0.6) is 0 Å². The van der Waals surface area contributed by atoms with Crippen molar-refractivity contribution in [1.29, 1.82) is 0 Å². The van der Waals surface area contributed by atoms with E-state index in [0.717, 1.165) is 18.4 Å². The predicted molar refractivity (Wildman–Crippen MR) is 111 cm³/mol. The molecule has 1 amide bonds. The first-order valence-corrected chi connectivity index (χ1v) is 12.0. The molecule has 3 unspecified atom stereocenters. The first-order valence-electron chi connectivity index (χ1n) is 10.5. The molecule has 0 aromatic heterocycles. The second-order valence-corrected chi connectivity index (χ2v) is 11.8. The van der Waals surface area contributed by atoms with Crippen LogP contribution in [-0.2, 0) is 14.8 Å². The third-order valence-corrected chi connectivity index (χ3v) is 9.34. The summed E-state index contributed by atoms with van der Waals surface area (Å²) in [5.74, 6) is 0.451. The molecule has 3 aliphatic rings. The second-order valence-electron chi connectivity index (χ2n) is 9.87. The van der Waals surface area contributed by atoms with E-state index in [2.05, 4.69) is 26.1 Å². The largest absolute Gasteiger partial charge is 0.379 e. The van der Waals surface area contributed by atoms with Gasteiger partial charge in [0.25, 0.3) is 5.91 Å². The quantitative estimate of drug-likeness (QED) is 0.813. The summed E-state index contributed by atoms with van der Waals surface area (Å²) in [5, 5.41) is 3.28. The van der Waals surface area contributed by atoms with Crippen LogP contribution in [0.15, 0.2) is 23.1 Å². The van der Waals surface area contributed by atoms with Crippen molar-refractivity contribution in [2.45, 2.75) is 57.9 Å². The number of amides is 1. The van der Waals surface area contributed by atoms with Crippen LogP contribution in [0.4, 0.5) is 0 Å². The number of fused-ring (bicyclic) bond motifs is 2. The summed E-state index contributed by atoms with van der Waals surface area (Å²) in [7, 11) is -3.64. The highest BCUT2D eigenvalue weighted by Crippen LogP contribution is 2.62. The SMILES string of the molecule is Cc1cc(C(=O)NC2C3(C)CCC(C3)C2(C)C)cc(S(=O)(=O)N2CCOCC2)c1. The third-order valence-electron chi connectivity index (χ3n) is 7.47. The Morgan fingerprint density at radius 1 is 1.17 bits per heavy atom. The summed E-state index contributed by atoms with van der Waals surface area (Å²) < 4.78 is 32.8. The molecule has 0 radical (unpaired) electrons. The lowest BCUT2D eigenvalue weighted by atomic mass is 9.68. The van der Waals surface area contributed by atoms with Crippen LogP contribution < -0.4 is 5.32 Å². The topological polar surface area (TPSA) is 75.7 Å². The Hall–Kier alpha value is -1.44. The summed E-state index contributed by atoms with van der Waals surface area (Å²) in [5.41, 5.74) is 1.35. The fraction of sp³-hybridized carbons (Fsp3) is 0.682. The fourth-order valence-electron chi connectivity index (χ4n) is 5.84. The summed E-state index contributed by atoms with van der Waals surface area (Å²) in [4.78, 5) is 13.4. The summed E-state index contributed by atoms with van der Waals surface area (Å²) >= 11 is 0. The molecule has 3 atom stereocenters. The molecule has 6 nitrogen and oxygen atoms in total. The highest BCUT2D eigenvalue weighted by Gasteiger charge is 2.59. The Labute approximate surface area is 174 Å². The van der Waals surface area contributed by atoms with Crippen LogP contribution in [0.3, 0.4) is 0 Å². The van der Waals surface area contributed by atoms with Crippen molar-refractivity contribution in [3.63, 3.8) is 0 Å². The smallest absolute Gasteiger partial charge is 0.251 e. The molecule has 3 fully saturated rings. The molecule has 4 rings (SSSR count). The first kappa shape index (κ1) is 20.8. The maximum absolute atomic E-state index is 13.2. The van der Waals surface area contributed by atoms with E-state index in [1.807, 2.05) is 6.92 Å². The number of hydrogen-bond donors (Lipinski definition) is 1. The van der Waals surface area contributed by atoms with Gasteiger partial charge in [0, 0.05) is 24.7 Å². The van der Waals surface area contributed by atoms with Gasteiger partial charge in [-0.1, -0.05) is 20.8 Å². The van der Waals surface area contributed by atoms with Gasteiger partial charge < -0.3 is 10.1 Å². The molecule has 1 saturated heterocycles. The van der Waals surface area contributed by atoms with E-state index < -0.39 is 10.0 Å². The van der Waals surface area contributed by atoms with Gasteiger partial charge in [-0.15, -0.1) is 0 Å². The summed E-state index contributed by atoms with van der Waals surface area (Å²) in [6.45, 7) is 10.1. The van der Waals surface area contributed by atoms with Crippen molar-refractivity contribution in [2.75, 3.05) is 26.3 Å². The molecule has 160 valence electrons. The van der Waals surface area contributed by atoms with Crippen LogP contribution in [0.2, 0.25) is 0 Å². The maximum atomic E-state index is 13.2. The molecule has 0 spiro atoms. The Bertz CT molecular complexity index is 916. The molecule has 2 bridgehead atoms. The Morgan fingerprint density at radius 2 is 1.86 bits per heavy atom. The van der Waals surface area contributed by atoms with E-state index in [1.54, 1.807) is 12.1 Å². The summed E-state index contributed by atoms with van der Waals surface area (Å²) in [6, 6.07) is 5.04. The number of sulfonamides is 1. The van der Waals surface area contributed by atoms with Crippen molar-refractivity contribution in [2.24, 2.45) is 16.7 Å². The molecular formula is C22H32N2O4S. The zero-order chi connectivity index (χ0) is 21.0. The van der Waals surface area contributed by atoms with Gasteiger partial charge in [-0.2, -0.15) is 4.31 Å². The highest BCUT2D eigenvalue weighted by molar-refractivity contribution is 7.89. The average molecular weight is 421 g/mol. The normalized spacial score (nSPS) is 31.7. The molecule has 1 aromatic carbocycles. The number of benzene rings is 1. The number of rotatable bonds is 4. The van der Waals surface area contributed by atoms with E-state index >= 15 is 0 Å². The molecule has 1 N–H and O–H groups in total. The molecule has 1 aromatic rings. The van der Waals surface area contributed by atoms with E-state index in [0.29, 0.717) is 37.8 Å². The fourth-order valence-corrected chi connectivity index (χ4v) is 7.38.